The Bertz CT molecular complexity index is 982. The van der Waals surface area contributed by atoms with Crippen LogP contribution >= 0.6 is 11.3 Å². The van der Waals surface area contributed by atoms with Crippen LogP contribution in [0.15, 0.2) is 16.2 Å². The third-order valence-electron chi connectivity index (χ3n) is 4.53. The fraction of sp³-hybridized carbons (Fsp3) is 0.529. The molecule has 3 aromatic rings. The normalized spacial score (nSPS) is 14.4. The molecule has 0 atom stereocenters. The molecule has 1 amide bonds. The number of unbranched alkanes of at least 4 members (excludes halogenated alkanes) is 1. The SMILES string of the molecule is CCCCn1c(=O)c2sccc2n2c(CCC(=O)NC3CC3)nnc12. The highest BCUT2D eigenvalue weighted by Gasteiger charge is 2.23. The molecule has 3 aromatic heterocycles. The van der Waals surface area contributed by atoms with Crippen LogP contribution in [0.5, 0.6) is 0 Å². The standard InChI is InChI=1S/C17H21N5O2S/c1-2-3-9-21-16(24)15-12(8-10-25-15)22-13(19-20-17(21)22)6-7-14(23)18-11-4-5-11/h8,10-11H,2-7,9H2,1H3,(H,18,23). The first-order valence-corrected chi connectivity index (χ1v) is 9.70. The average molecular weight is 359 g/mol. The molecule has 0 spiro atoms. The van der Waals surface area contributed by atoms with Crippen molar-refractivity contribution >= 4 is 33.2 Å². The van der Waals surface area contributed by atoms with E-state index in [0.29, 0.717) is 35.9 Å². The quantitative estimate of drug-likeness (QED) is 0.701. The van der Waals surface area contributed by atoms with Crippen molar-refractivity contribution in [2.45, 2.75) is 58.0 Å². The van der Waals surface area contributed by atoms with Crippen molar-refractivity contribution in [3.8, 4) is 0 Å². The van der Waals surface area contributed by atoms with Crippen LogP contribution in [-0.4, -0.2) is 31.1 Å². The number of thiophene rings is 1. The van der Waals surface area contributed by atoms with Gasteiger partial charge in [-0.05, 0) is 30.7 Å². The van der Waals surface area contributed by atoms with E-state index in [9.17, 15) is 9.59 Å². The fourth-order valence-corrected chi connectivity index (χ4v) is 3.84. The zero-order chi connectivity index (χ0) is 17.4. The lowest BCUT2D eigenvalue weighted by atomic mass is 10.2. The minimum atomic E-state index is -0.00336. The topological polar surface area (TPSA) is 81.3 Å². The van der Waals surface area contributed by atoms with Gasteiger partial charge in [-0.25, -0.2) is 0 Å². The summed E-state index contributed by atoms with van der Waals surface area (Å²) in [6.07, 6.45) is 4.98. The molecule has 0 radical (unpaired) electrons. The number of carbonyl (C=O) groups excluding carboxylic acids is 1. The van der Waals surface area contributed by atoms with Crippen LogP contribution in [-0.2, 0) is 17.8 Å². The molecule has 0 bridgehead atoms. The Balaban J connectivity index is 1.71. The van der Waals surface area contributed by atoms with Gasteiger partial charge in [0.25, 0.3) is 5.56 Å². The van der Waals surface area contributed by atoms with E-state index in [2.05, 4.69) is 22.4 Å². The summed E-state index contributed by atoms with van der Waals surface area (Å²) in [5.74, 6) is 1.36. The molecule has 1 aliphatic rings. The van der Waals surface area contributed by atoms with Gasteiger partial charge in [0.1, 0.15) is 10.5 Å². The Morgan fingerprint density at radius 1 is 1.40 bits per heavy atom. The van der Waals surface area contributed by atoms with Gasteiger partial charge in [-0.1, -0.05) is 13.3 Å². The van der Waals surface area contributed by atoms with Gasteiger partial charge < -0.3 is 5.32 Å². The van der Waals surface area contributed by atoms with Gasteiger partial charge >= 0.3 is 0 Å². The van der Waals surface area contributed by atoms with Gasteiger partial charge in [0.15, 0.2) is 0 Å². The predicted molar refractivity (Wildman–Crippen MR) is 97.0 cm³/mol. The van der Waals surface area contributed by atoms with Gasteiger partial charge in [-0.3, -0.25) is 18.6 Å². The predicted octanol–water partition coefficient (Wildman–Crippen LogP) is 2.12. The van der Waals surface area contributed by atoms with Gasteiger partial charge in [-0.2, -0.15) is 0 Å². The molecule has 132 valence electrons. The molecule has 1 fully saturated rings. The number of aromatic nitrogens is 4. The highest BCUT2D eigenvalue weighted by atomic mass is 32.1. The summed E-state index contributed by atoms with van der Waals surface area (Å²) in [4.78, 5) is 24.7. The number of rotatable bonds is 7. The number of aryl methyl sites for hydroxylation is 2. The van der Waals surface area contributed by atoms with E-state index < -0.39 is 0 Å². The van der Waals surface area contributed by atoms with E-state index in [1.54, 1.807) is 4.57 Å². The van der Waals surface area contributed by atoms with Crippen LogP contribution in [0, 0.1) is 0 Å². The molecule has 8 heteroatoms. The van der Waals surface area contributed by atoms with Gasteiger partial charge in [0, 0.05) is 25.4 Å². The highest BCUT2D eigenvalue weighted by molar-refractivity contribution is 7.17. The Morgan fingerprint density at radius 2 is 2.24 bits per heavy atom. The summed E-state index contributed by atoms with van der Waals surface area (Å²) < 4.78 is 4.36. The highest BCUT2D eigenvalue weighted by Crippen LogP contribution is 2.21. The van der Waals surface area contributed by atoms with E-state index in [1.165, 1.54) is 11.3 Å². The number of hydrogen-bond donors (Lipinski definition) is 1. The maximum Gasteiger partial charge on any atom is 0.272 e. The number of fused-ring (bicyclic) bond motifs is 3. The minimum absolute atomic E-state index is 0.00336. The van der Waals surface area contributed by atoms with E-state index in [0.717, 1.165) is 37.0 Å². The molecule has 7 nitrogen and oxygen atoms in total. The fourth-order valence-electron chi connectivity index (χ4n) is 3.01. The molecule has 0 aliphatic heterocycles. The van der Waals surface area contributed by atoms with Crippen LogP contribution < -0.4 is 10.9 Å². The van der Waals surface area contributed by atoms with Crippen LogP contribution in [0.2, 0.25) is 0 Å². The summed E-state index contributed by atoms with van der Waals surface area (Å²) in [6, 6.07) is 2.29. The molecule has 0 saturated heterocycles. The average Bonchev–Trinajstić information content (AvgIpc) is 3.11. The maximum absolute atomic E-state index is 12.7. The first-order valence-electron chi connectivity index (χ1n) is 8.82. The van der Waals surface area contributed by atoms with Crippen molar-refractivity contribution in [1.82, 2.24) is 24.5 Å². The van der Waals surface area contributed by atoms with Gasteiger partial charge in [0.05, 0.1) is 5.52 Å². The van der Waals surface area contributed by atoms with Crippen LogP contribution in [0.25, 0.3) is 16.0 Å². The summed E-state index contributed by atoms with van der Waals surface area (Å²) in [6.45, 7) is 2.73. The lowest BCUT2D eigenvalue weighted by Crippen LogP contribution is -2.26. The van der Waals surface area contributed by atoms with Crippen LogP contribution in [0.3, 0.4) is 0 Å². The minimum Gasteiger partial charge on any atom is -0.353 e. The molecular weight excluding hydrogens is 338 g/mol. The number of amides is 1. The molecule has 1 saturated carbocycles. The molecule has 3 heterocycles. The Labute approximate surface area is 148 Å². The first-order chi connectivity index (χ1) is 12.2. The summed E-state index contributed by atoms with van der Waals surface area (Å²) in [5.41, 5.74) is 0.830. The van der Waals surface area contributed by atoms with Gasteiger partial charge in [0.2, 0.25) is 11.7 Å². The van der Waals surface area contributed by atoms with E-state index in [1.807, 2.05) is 15.8 Å². The van der Waals surface area contributed by atoms with Gasteiger partial charge in [-0.15, -0.1) is 21.5 Å². The third-order valence-corrected chi connectivity index (χ3v) is 5.42. The second-order valence-electron chi connectivity index (χ2n) is 6.54. The Morgan fingerprint density at radius 3 is 3.00 bits per heavy atom. The van der Waals surface area contributed by atoms with E-state index >= 15 is 0 Å². The lowest BCUT2D eigenvalue weighted by molar-refractivity contribution is -0.121. The lowest BCUT2D eigenvalue weighted by Gasteiger charge is -2.09. The van der Waals surface area contributed by atoms with Crippen molar-refractivity contribution in [2.75, 3.05) is 0 Å². The summed E-state index contributed by atoms with van der Waals surface area (Å²) >= 11 is 1.44. The Hall–Kier alpha value is -2.22. The number of carbonyl (C=O) groups is 1. The molecule has 25 heavy (non-hydrogen) atoms. The monoisotopic (exact) mass is 359 g/mol. The maximum atomic E-state index is 12.7. The van der Waals surface area contributed by atoms with Crippen LogP contribution in [0.4, 0.5) is 0 Å². The zero-order valence-electron chi connectivity index (χ0n) is 14.2. The van der Waals surface area contributed by atoms with Crippen molar-refractivity contribution in [2.24, 2.45) is 0 Å². The summed E-state index contributed by atoms with van der Waals surface area (Å²) in [5, 5.41) is 13.5. The second-order valence-corrected chi connectivity index (χ2v) is 7.45. The zero-order valence-corrected chi connectivity index (χ0v) is 15.0. The van der Waals surface area contributed by atoms with E-state index in [-0.39, 0.29) is 11.5 Å². The molecule has 1 aliphatic carbocycles. The molecular formula is C17H21N5O2S. The smallest absolute Gasteiger partial charge is 0.272 e. The molecule has 1 N–H and O–H groups in total. The molecule has 0 aromatic carbocycles. The Kier molecular flexibility index (Phi) is 4.29. The molecule has 4 rings (SSSR count). The van der Waals surface area contributed by atoms with Crippen molar-refractivity contribution in [3.63, 3.8) is 0 Å². The van der Waals surface area contributed by atoms with Crippen molar-refractivity contribution in [1.29, 1.82) is 0 Å². The van der Waals surface area contributed by atoms with E-state index in [4.69, 9.17) is 0 Å². The second kappa shape index (κ2) is 6.59. The van der Waals surface area contributed by atoms with Crippen molar-refractivity contribution in [3.05, 3.63) is 27.6 Å². The summed E-state index contributed by atoms with van der Waals surface area (Å²) in [7, 11) is 0. The van der Waals surface area contributed by atoms with Crippen molar-refractivity contribution < 1.29 is 4.79 Å². The number of nitrogens with one attached hydrogen (secondary N) is 1. The number of nitrogens with zero attached hydrogens (tertiary/aromatic N) is 4. The number of hydrogen-bond acceptors (Lipinski definition) is 5. The molecule has 0 unspecified atom stereocenters. The van der Waals surface area contributed by atoms with Crippen LogP contribution in [0.1, 0.15) is 44.9 Å². The third kappa shape index (κ3) is 3.06. The first kappa shape index (κ1) is 16.3. The largest absolute Gasteiger partial charge is 0.353 e.